The Balaban J connectivity index is 2.13. The Morgan fingerprint density at radius 2 is 2.33 bits per heavy atom. The van der Waals surface area contributed by atoms with Gasteiger partial charge >= 0.3 is 0 Å². The summed E-state index contributed by atoms with van der Waals surface area (Å²) < 4.78 is 16.7. The molecule has 3 N–H and O–H groups in total. The molecular formula is C12H17BrN2O3. The van der Waals surface area contributed by atoms with Crippen molar-refractivity contribution in [1.82, 2.24) is 5.32 Å². The van der Waals surface area contributed by atoms with Gasteiger partial charge in [0.15, 0.2) is 11.5 Å². The second-order valence-electron chi connectivity index (χ2n) is 3.97. The van der Waals surface area contributed by atoms with Crippen LogP contribution >= 0.6 is 15.9 Å². The fourth-order valence-corrected chi connectivity index (χ4v) is 2.44. The highest BCUT2D eigenvalue weighted by Crippen LogP contribution is 2.41. The molecule has 1 aromatic rings. The summed E-state index contributed by atoms with van der Waals surface area (Å²) in [6, 6.07) is 4.04. The van der Waals surface area contributed by atoms with E-state index in [2.05, 4.69) is 21.2 Å². The van der Waals surface area contributed by atoms with Crippen LogP contribution in [0.4, 0.5) is 0 Å². The van der Waals surface area contributed by atoms with Crippen molar-refractivity contribution in [3.8, 4) is 11.5 Å². The highest BCUT2D eigenvalue weighted by Gasteiger charge is 2.20. The molecule has 0 aromatic heterocycles. The summed E-state index contributed by atoms with van der Waals surface area (Å²) in [5, 5.41) is 3.34. The largest absolute Gasteiger partial charge is 0.454 e. The van der Waals surface area contributed by atoms with Gasteiger partial charge in [-0.3, -0.25) is 0 Å². The van der Waals surface area contributed by atoms with E-state index < -0.39 is 0 Å². The number of nitrogens with one attached hydrogen (secondary N) is 1. The molecule has 100 valence electrons. The second kappa shape index (κ2) is 6.38. The van der Waals surface area contributed by atoms with Gasteiger partial charge in [0.1, 0.15) is 0 Å². The van der Waals surface area contributed by atoms with Crippen molar-refractivity contribution >= 4 is 15.9 Å². The molecule has 0 bridgehead atoms. The molecule has 0 amide bonds. The maximum absolute atomic E-state index is 5.79. The molecule has 6 heteroatoms. The minimum atomic E-state index is 0.0750. The minimum Gasteiger partial charge on any atom is -0.454 e. The van der Waals surface area contributed by atoms with Crippen molar-refractivity contribution in [2.24, 2.45) is 5.73 Å². The number of methoxy groups -OCH3 is 1. The Bertz CT molecular complexity index is 415. The van der Waals surface area contributed by atoms with Gasteiger partial charge in [0.05, 0.1) is 11.1 Å². The number of halogens is 1. The minimum absolute atomic E-state index is 0.0750. The smallest absolute Gasteiger partial charge is 0.231 e. The van der Waals surface area contributed by atoms with E-state index in [1.54, 1.807) is 7.11 Å². The average Bonchev–Trinajstić information content (AvgIpc) is 2.83. The van der Waals surface area contributed by atoms with Crippen LogP contribution < -0.4 is 20.5 Å². The molecule has 0 fully saturated rings. The molecule has 5 nitrogen and oxygen atoms in total. The number of benzene rings is 1. The zero-order chi connectivity index (χ0) is 13.0. The molecule has 1 aliphatic heterocycles. The Morgan fingerprint density at radius 1 is 1.50 bits per heavy atom. The Morgan fingerprint density at radius 3 is 3.06 bits per heavy atom. The molecule has 2 rings (SSSR count). The average molecular weight is 317 g/mol. The van der Waals surface area contributed by atoms with E-state index in [1.807, 2.05) is 12.1 Å². The van der Waals surface area contributed by atoms with Crippen LogP contribution in [0.1, 0.15) is 11.6 Å². The van der Waals surface area contributed by atoms with Crippen molar-refractivity contribution in [2.45, 2.75) is 6.04 Å². The molecule has 0 radical (unpaired) electrons. The topological polar surface area (TPSA) is 65.7 Å². The summed E-state index contributed by atoms with van der Waals surface area (Å²) in [7, 11) is 1.68. The Kier molecular flexibility index (Phi) is 4.82. The van der Waals surface area contributed by atoms with Gasteiger partial charge in [0.25, 0.3) is 0 Å². The van der Waals surface area contributed by atoms with Crippen LogP contribution in [-0.4, -0.2) is 33.6 Å². The summed E-state index contributed by atoms with van der Waals surface area (Å²) >= 11 is 3.48. The SMILES string of the molecule is COCCNC(CN)c1cc(Br)c2c(c1)OCO2. The molecular weight excluding hydrogens is 300 g/mol. The van der Waals surface area contributed by atoms with Crippen LogP contribution in [0.25, 0.3) is 0 Å². The van der Waals surface area contributed by atoms with Crippen molar-refractivity contribution < 1.29 is 14.2 Å². The van der Waals surface area contributed by atoms with Gasteiger partial charge in [-0.1, -0.05) is 0 Å². The summed E-state index contributed by atoms with van der Waals surface area (Å²) in [6.45, 7) is 2.18. The van der Waals surface area contributed by atoms with E-state index in [9.17, 15) is 0 Å². The van der Waals surface area contributed by atoms with Gasteiger partial charge in [-0.05, 0) is 33.6 Å². The molecule has 1 atom stereocenters. The zero-order valence-corrected chi connectivity index (χ0v) is 11.8. The van der Waals surface area contributed by atoms with Crippen molar-refractivity contribution in [3.63, 3.8) is 0 Å². The maximum atomic E-state index is 5.79. The maximum Gasteiger partial charge on any atom is 0.231 e. The van der Waals surface area contributed by atoms with Gasteiger partial charge in [0.2, 0.25) is 6.79 Å². The second-order valence-corrected chi connectivity index (χ2v) is 4.83. The summed E-state index contributed by atoms with van der Waals surface area (Å²) in [5.41, 5.74) is 6.87. The van der Waals surface area contributed by atoms with E-state index in [0.29, 0.717) is 13.2 Å². The van der Waals surface area contributed by atoms with Gasteiger partial charge in [-0.25, -0.2) is 0 Å². The number of fused-ring (bicyclic) bond motifs is 1. The third kappa shape index (κ3) is 2.95. The first-order chi connectivity index (χ1) is 8.76. The normalized spacial score (nSPS) is 14.8. The zero-order valence-electron chi connectivity index (χ0n) is 10.2. The van der Waals surface area contributed by atoms with Crippen LogP contribution in [0, 0.1) is 0 Å². The molecule has 0 saturated heterocycles. The quantitative estimate of drug-likeness (QED) is 0.777. The molecule has 1 aliphatic rings. The van der Waals surface area contributed by atoms with Crippen molar-refractivity contribution in [2.75, 3.05) is 33.6 Å². The standard InChI is InChI=1S/C12H17BrN2O3/c1-16-3-2-15-10(6-14)8-4-9(13)12-11(5-8)17-7-18-12/h4-5,10,15H,2-3,6-7,14H2,1H3. The molecule has 0 spiro atoms. The van der Waals surface area contributed by atoms with Crippen LogP contribution in [0.5, 0.6) is 11.5 Å². The van der Waals surface area contributed by atoms with Gasteiger partial charge < -0.3 is 25.3 Å². The highest BCUT2D eigenvalue weighted by atomic mass is 79.9. The van der Waals surface area contributed by atoms with Crippen LogP contribution in [0.2, 0.25) is 0 Å². The Hall–Kier alpha value is -0.820. The first-order valence-corrected chi connectivity index (χ1v) is 6.57. The third-order valence-corrected chi connectivity index (χ3v) is 3.37. The molecule has 1 aromatic carbocycles. The molecule has 1 heterocycles. The fourth-order valence-electron chi connectivity index (χ4n) is 1.86. The number of hydrogen-bond donors (Lipinski definition) is 2. The lowest BCUT2D eigenvalue weighted by Crippen LogP contribution is -2.30. The molecule has 1 unspecified atom stereocenters. The fraction of sp³-hybridized carbons (Fsp3) is 0.500. The lowest BCUT2D eigenvalue weighted by atomic mass is 10.1. The summed E-state index contributed by atoms with van der Waals surface area (Å²) in [4.78, 5) is 0. The van der Waals surface area contributed by atoms with Crippen molar-refractivity contribution in [3.05, 3.63) is 22.2 Å². The van der Waals surface area contributed by atoms with Gasteiger partial charge in [0, 0.05) is 26.2 Å². The van der Waals surface area contributed by atoms with E-state index in [-0.39, 0.29) is 12.8 Å². The number of hydrogen-bond acceptors (Lipinski definition) is 5. The third-order valence-electron chi connectivity index (χ3n) is 2.78. The van der Waals surface area contributed by atoms with Crippen molar-refractivity contribution in [1.29, 1.82) is 0 Å². The van der Waals surface area contributed by atoms with Gasteiger partial charge in [-0.15, -0.1) is 0 Å². The first-order valence-electron chi connectivity index (χ1n) is 5.77. The van der Waals surface area contributed by atoms with E-state index in [1.165, 1.54) is 0 Å². The Labute approximate surface area is 115 Å². The molecule has 0 saturated carbocycles. The highest BCUT2D eigenvalue weighted by molar-refractivity contribution is 9.10. The van der Waals surface area contributed by atoms with Gasteiger partial charge in [-0.2, -0.15) is 0 Å². The first kappa shape index (κ1) is 13.6. The predicted molar refractivity (Wildman–Crippen MR) is 71.9 cm³/mol. The monoisotopic (exact) mass is 316 g/mol. The predicted octanol–water partition coefficient (Wildman–Crippen LogP) is 1.41. The molecule has 0 aliphatic carbocycles. The lowest BCUT2D eigenvalue weighted by Gasteiger charge is -2.18. The van der Waals surface area contributed by atoms with Crippen LogP contribution in [0.3, 0.4) is 0 Å². The summed E-state index contributed by atoms with van der Waals surface area (Å²) in [5.74, 6) is 1.51. The molecule has 18 heavy (non-hydrogen) atoms. The number of rotatable bonds is 6. The van der Waals surface area contributed by atoms with Crippen LogP contribution in [0.15, 0.2) is 16.6 Å². The summed E-state index contributed by atoms with van der Waals surface area (Å²) in [6.07, 6.45) is 0. The van der Waals surface area contributed by atoms with E-state index >= 15 is 0 Å². The van der Waals surface area contributed by atoms with E-state index in [4.69, 9.17) is 19.9 Å². The lowest BCUT2D eigenvalue weighted by molar-refractivity contribution is 0.173. The number of nitrogens with two attached hydrogens (primary N) is 1. The number of ether oxygens (including phenoxy) is 3. The van der Waals surface area contributed by atoms with Crippen LogP contribution in [-0.2, 0) is 4.74 Å². The van der Waals surface area contributed by atoms with E-state index in [0.717, 1.165) is 28.1 Å².